The fourth-order valence-electron chi connectivity index (χ4n) is 3.08. The highest BCUT2D eigenvalue weighted by Gasteiger charge is 2.29. The molecule has 23 heavy (non-hydrogen) atoms. The molecule has 6 heteroatoms. The Kier molecular flexibility index (Phi) is 5.47. The van der Waals surface area contributed by atoms with E-state index in [0.717, 1.165) is 19.3 Å². The van der Waals surface area contributed by atoms with Gasteiger partial charge in [-0.2, -0.15) is 0 Å². The van der Waals surface area contributed by atoms with E-state index >= 15 is 0 Å². The minimum absolute atomic E-state index is 0.0732. The van der Waals surface area contributed by atoms with Crippen molar-refractivity contribution in [1.82, 2.24) is 4.90 Å². The number of hydrogen-bond donors (Lipinski definition) is 1. The molecule has 1 aromatic carbocycles. The monoisotopic (exact) mass is 320 g/mol. The van der Waals surface area contributed by atoms with Crippen LogP contribution in [0.2, 0.25) is 0 Å². The number of hydrogen-bond acceptors (Lipinski definition) is 4. The molecule has 1 aliphatic heterocycles. The van der Waals surface area contributed by atoms with Gasteiger partial charge in [-0.3, -0.25) is 9.59 Å². The molecule has 2 atom stereocenters. The van der Waals surface area contributed by atoms with Crippen LogP contribution in [-0.2, 0) is 4.79 Å². The van der Waals surface area contributed by atoms with Crippen LogP contribution in [0.5, 0.6) is 11.5 Å². The van der Waals surface area contributed by atoms with Gasteiger partial charge in [0.25, 0.3) is 11.8 Å². The molecule has 0 bridgehead atoms. The van der Waals surface area contributed by atoms with Crippen LogP contribution in [0.25, 0.3) is 0 Å². The van der Waals surface area contributed by atoms with Gasteiger partial charge in [0.15, 0.2) is 6.61 Å². The molecule has 1 saturated heterocycles. The van der Waals surface area contributed by atoms with Crippen LogP contribution >= 0.6 is 0 Å². The summed E-state index contributed by atoms with van der Waals surface area (Å²) in [6, 6.07) is 5.18. The maximum atomic E-state index is 12.5. The minimum atomic E-state index is -0.619. The van der Waals surface area contributed by atoms with Crippen molar-refractivity contribution < 1.29 is 19.1 Å². The summed E-state index contributed by atoms with van der Waals surface area (Å²) in [5, 5.41) is 0. The number of methoxy groups -OCH3 is 1. The predicted octanol–water partition coefficient (Wildman–Crippen LogP) is 1.96. The Bertz CT molecular complexity index is 578. The topological polar surface area (TPSA) is 81.9 Å². The molecular weight excluding hydrogens is 296 g/mol. The zero-order chi connectivity index (χ0) is 17.0. The number of likely N-dealkylation sites (tertiary alicyclic amines) is 1. The van der Waals surface area contributed by atoms with Gasteiger partial charge in [0.1, 0.15) is 11.5 Å². The highest BCUT2D eigenvalue weighted by molar-refractivity contribution is 5.96. The van der Waals surface area contributed by atoms with Crippen LogP contribution in [0.3, 0.4) is 0 Å². The molecule has 1 fully saturated rings. The maximum Gasteiger partial charge on any atom is 0.260 e. The van der Waals surface area contributed by atoms with E-state index in [9.17, 15) is 9.59 Å². The van der Waals surface area contributed by atoms with E-state index in [2.05, 4.69) is 13.8 Å². The number of benzene rings is 1. The van der Waals surface area contributed by atoms with E-state index < -0.39 is 5.91 Å². The third-order valence-electron chi connectivity index (χ3n) is 4.28. The summed E-state index contributed by atoms with van der Waals surface area (Å²) in [6.45, 7) is 3.99. The normalized spacial score (nSPS) is 20.9. The Morgan fingerprint density at radius 2 is 1.91 bits per heavy atom. The number of ether oxygens (including phenoxy) is 2. The molecule has 2 rings (SSSR count). The van der Waals surface area contributed by atoms with Gasteiger partial charge >= 0.3 is 0 Å². The SMILES string of the molecule is COc1ccc(OCC(=O)N2[C@H](C)CCC[C@H]2C)c(C(N)=O)c1. The summed E-state index contributed by atoms with van der Waals surface area (Å²) in [6.07, 6.45) is 3.15. The van der Waals surface area contributed by atoms with Crippen LogP contribution in [0.4, 0.5) is 0 Å². The van der Waals surface area contributed by atoms with Crippen molar-refractivity contribution in [2.24, 2.45) is 5.73 Å². The third kappa shape index (κ3) is 3.94. The number of amides is 2. The molecule has 2 N–H and O–H groups in total. The minimum Gasteiger partial charge on any atom is -0.497 e. The smallest absolute Gasteiger partial charge is 0.260 e. The van der Waals surface area contributed by atoms with Gasteiger partial charge in [0.2, 0.25) is 0 Å². The number of carbonyl (C=O) groups excluding carboxylic acids is 2. The van der Waals surface area contributed by atoms with Crippen molar-refractivity contribution >= 4 is 11.8 Å². The quantitative estimate of drug-likeness (QED) is 0.899. The van der Waals surface area contributed by atoms with E-state index in [1.807, 2.05) is 4.90 Å². The van der Waals surface area contributed by atoms with Gasteiger partial charge in [0, 0.05) is 12.1 Å². The molecule has 0 aromatic heterocycles. The lowest BCUT2D eigenvalue weighted by atomic mass is 9.97. The molecule has 0 spiro atoms. The van der Waals surface area contributed by atoms with Crippen molar-refractivity contribution in [2.75, 3.05) is 13.7 Å². The Morgan fingerprint density at radius 1 is 1.26 bits per heavy atom. The van der Waals surface area contributed by atoms with Gasteiger partial charge in [0.05, 0.1) is 12.7 Å². The molecule has 1 heterocycles. The Labute approximate surface area is 136 Å². The standard InChI is InChI=1S/C17H24N2O4/c1-11-5-4-6-12(2)19(11)16(20)10-23-15-8-7-13(22-3)9-14(15)17(18)21/h7-9,11-12H,4-6,10H2,1-3H3,(H2,18,21)/t11-,12-/m1/s1. The first-order chi connectivity index (χ1) is 10.9. The van der Waals surface area contributed by atoms with E-state index in [-0.39, 0.29) is 30.2 Å². The molecule has 6 nitrogen and oxygen atoms in total. The van der Waals surface area contributed by atoms with Crippen LogP contribution in [-0.4, -0.2) is 42.5 Å². The molecule has 0 saturated carbocycles. The van der Waals surface area contributed by atoms with E-state index in [1.54, 1.807) is 12.1 Å². The molecule has 0 aliphatic carbocycles. The fraction of sp³-hybridized carbons (Fsp3) is 0.529. The lowest BCUT2D eigenvalue weighted by molar-refractivity contribution is -0.139. The van der Waals surface area contributed by atoms with E-state index in [0.29, 0.717) is 11.5 Å². The molecule has 1 aliphatic rings. The number of nitrogens with zero attached hydrogens (tertiary/aromatic N) is 1. The predicted molar refractivity (Wildman–Crippen MR) is 86.6 cm³/mol. The number of carbonyl (C=O) groups is 2. The highest BCUT2D eigenvalue weighted by Crippen LogP contribution is 2.25. The average Bonchev–Trinajstić information content (AvgIpc) is 2.52. The first kappa shape index (κ1) is 17.1. The molecular formula is C17H24N2O4. The molecule has 2 amide bonds. The van der Waals surface area contributed by atoms with Gasteiger partial charge < -0.3 is 20.1 Å². The van der Waals surface area contributed by atoms with E-state index in [1.165, 1.54) is 13.2 Å². The Hall–Kier alpha value is -2.24. The van der Waals surface area contributed by atoms with Crippen molar-refractivity contribution in [3.05, 3.63) is 23.8 Å². The number of primary amides is 1. The zero-order valence-electron chi connectivity index (χ0n) is 13.9. The lowest BCUT2D eigenvalue weighted by Crippen LogP contribution is -2.49. The van der Waals surface area contributed by atoms with Crippen molar-refractivity contribution in [3.8, 4) is 11.5 Å². The summed E-state index contributed by atoms with van der Waals surface area (Å²) < 4.78 is 10.6. The van der Waals surface area contributed by atoms with E-state index in [4.69, 9.17) is 15.2 Å². The second-order valence-corrected chi connectivity index (χ2v) is 5.94. The first-order valence-corrected chi connectivity index (χ1v) is 7.85. The first-order valence-electron chi connectivity index (χ1n) is 7.85. The van der Waals surface area contributed by atoms with Gasteiger partial charge in [-0.15, -0.1) is 0 Å². The summed E-state index contributed by atoms with van der Waals surface area (Å²) in [7, 11) is 1.50. The van der Waals surface area contributed by atoms with Crippen molar-refractivity contribution in [1.29, 1.82) is 0 Å². The highest BCUT2D eigenvalue weighted by atomic mass is 16.5. The average molecular weight is 320 g/mol. The third-order valence-corrected chi connectivity index (χ3v) is 4.28. The summed E-state index contributed by atoms with van der Waals surface area (Å²) >= 11 is 0. The second-order valence-electron chi connectivity index (χ2n) is 5.94. The fourth-order valence-corrected chi connectivity index (χ4v) is 3.08. The van der Waals surface area contributed by atoms with Gasteiger partial charge in [-0.05, 0) is 51.3 Å². The summed E-state index contributed by atoms with van der Waals surface area (Å²) in [5.41, 5.74) is 5.57. The van der Waals surface area contributed by atoms with Gasteiger partial charge in [-0.25, -0.2) is 0 Å². The van der Waals surface area contributed by atoms with Crippen LogP contribution in [0, 0.1) is 0 Å². The second kappa shape index (κ2) is 7.35. The summed E-state index contributed by atoms with van der Waals surface area (Å²) in [5.74, 6) is 0.113. The van der Waals surface area contributed by atoms with Crippen LogP contribution in [0.1, 0.15) is 43.5 Å². The molecule has 0 unspecified atom stereocenters. The largest absolute Gasteiger partial charge is 0.497 e. The summed E-state index contributed by atoms with van der Waals surface area (Å²) in [4.78, 5) is 25.9. The number of rotatable bonds is 5. The molecule has 1 aromatic rings. The Morgan fingerprint density at radius 3 is 2.48 bits per heavy atom. The lowest BCUT2D eigenvalue weighted by Gasteiger charge is -2.39. The van der Waals surface area contributed by atoms with Crippen LogP contribution in [0.15, 0.2) is 18.2 Å². The van der Waals surface area contributed by atoms with Crippen molar-refractivity contribution in [3.63, 3.8) is 0 Å². The molecule has 0 radical (unpaired) electrons. The number of piperidine rings is 1. The Balaban J connectivity index is 2.08. The van der Waals surface area contributed by atoms with Gasteiger partial charge in [-0.1, -0.05) is 0 Å². The van der Waals surface area contributed by atoms with Crippen LogP contribution < -0.4 is 15.2 Å². The molecule has 126 valence electrons. The maximum absolute atomic E-state index is 12.5. The zero-order valence-corrected chi connectivity index (χ0v) is 13.9. The number of nitrogens with two attached hydrogens (primary N) is 1. The van der Waals surface area contributed by atoms with Crippen molar-refractivity contribution in [2.45, 2.75) is 45.2 Å².